The van der Waals surface area contributed by atoms with Crippen molar-refractivity contribution in [3.8, 4) is 0 Å². The third kappa shape index (κ3) is 3.20. The van der Waals surface area contributed by atoms with E-state index >= 15 is 0 Å². The van der Waals surface area contributed by atoms with Crippen LogP contribution in [-0.4, -0.2) is 70.1 Å². The Labute approximate surface area is 126 Å². The van der Waals surface area contributed by atoms with Crippen molar-refractivity contribution in [1.29, 1.82) is 0 Å². The molecule has 0 amide bonds. The van der Waals surface area contributed by atoms with Crippen LogP contribution < -0.4 is 0 Å². The average Bonchev–Trinajstić information content (AvgIpc) is 2.07. The minimum absolute atomic E-state index is 0.280. The van der Waals surface area contributed by atoms with E-state index in [0.717, 1.165) is 6.04 Å². The molecule has 20 heavy (non-hydrogen) atoms. The number of hydrogen-bond acceptors (Lipinski definition) is 3. The smallest absolute Gasteiger partial charge is 0.0352 e. The number of rotatable bonds is 1. The summed E-state index contributed by atoms with van der Waals surface area (Å²) in [6, 6.07) is 2.09. The minimum atomic E-state index is 0.280. The van der Waals surface area contributed by atoms with Gasteiger partial charge in [-0.15, -0.1) is 0 Å². The van der Waals surface area contributed by atoms with Gasteiger partial charge < -0.3 is 0 Å². The van der Waals surface area contributed by atoms with E-state index in [1.807, 2.05) is 0 Å². The normalized spacial score (nSPS) is 32.4. The van der Waals surface area contributed by atoms with Crippen LogP contribution in [0.2, 0.25) is 0 Å². The summed E-state index contributed by atoms with van der Waals surface area (Å²) in [6.45, 7) is 23.8. The Morgan fingerprint density at radius 2 is 1.15 bits per heavy atom. The molecule has 0 N–H and O–H groups in total. The third-order valence-corrected chi connectivity index (χ3v) is 5.05. The summed E-state index contributed by atoms with van der Waals surface area (Å²) in [7, 11) is 0. The molecule has 2 aliphatic rings. The van der Waals surface area contributed by atoms with Gasteiger partial charge in [-0.25, -0.2) is 0 Å². The zero-order chi connectivity index (χ0) is 15.3. The molecule has 0 radical (unpaired) electrons. The van der Waals surface area contributed by atoms with Gasteiger partial charge in [0.05, 0.1) is 0 Å². The predicted molar refractivity (Wildman–Crippen MR) is 87.2 cm³/mol. The van der Waals surface area contributed by atoms with Crippen LogP contribution in [0.3, 0.4) is 0 Å². The van der Waals surface area contributed by atoms with Gasteiger partial charge in [0.15, 0.2) is 0 Å². The maximum atomic E-state index is 2.74. The van der Waals surface area contributed by atoms with Crippen molar-refractivity contribution in [1.82, 2.24) is 14.7 Å². The highest BCUT2D eigenvalue weighted by Crippen LogP contribution is 2.30. The molecule has 0 spiro atoms. The molecule has 0 aromatic heterocycles. The standard InChI is InChI=1S/C17H35N3/c1-13-9-18(10-14(2)20(13)17(6,7)8)15-11-19(12-15)16(3,4)5/h13-15H,9-12H2,1-8H3/t13-,14+. The van der Waals surface area contributed by atoms with Gasteiger partial charge in [0, 0.05) is 55.4 Å². The first-order valence-corrected chi connectivity index (χ1v) is 8.27. The number of likely N-dealkylation sites (tertiary alicyclic amines) is 1. The SMILES string of the molecule is C[C@@H]1CN(C2CN(C(C)(C)C)C2)C[C@H](C)N1C(C)(C)C. The van der Waals surface area contributed by atoms with Crippen LogP contribution in [0.15, 0.2) is 0 Å². The van der Waals surface area contributed by atoms with Crippen molar-refractivity contribution in [3.63, 3.8) is 0 Å². The lowest BCUT2D eigenvalue weighted by Gasteiger charge is -2.57. The fourth-order valence-electron chi connectivity index (χ4n) is 4.22. The summed E-state index contributed by atoms with van der Waals surface area (Å²) in [5.74, 6) is 0. The van der Waals surface area contributed by atoms with Crippen molar-refractivity contribution in [2.75, 3.05) is 26.2 Å². The lowest BCUT2D eigenvalue weighted by Crippen LogP contribution is -2.70. The van der Waals surface area contributed by atoms with Gasteiger partial charge >= 0.3 is 0 Å². The molecule has 3 nitrogen and oxygen atoms in total. The van der Waals surface area contributed by atoms with Gasteiger partial charge in [-0.2, -0.15) is 0 Å². The summed E-state index contributed by atoms with van der Waals surface area (Å²) < 4.78 is 0. The first-order valence-electron chi connectivity index (χ1n) is 8.27. The third-order valence-electron chi connectivity index (χ3n) is 5.05. The molecule has 0 aliphatic carbocycles. The monoisotopic (exact) mass is 281 g/mol. The Kier molecular flexibility index (Phi) is 4.27. The molecule has 2 fully saturated rings. The second-order valence-corrected chi connectivity index (χ2v) is 8.96. The van der Waals surface area contributed by atoms with E-state index in [0.29, 0.717) is 17.6 Å². The van der Waals surface area contributed by atoms with E-state index < -0.39 is 0 Å². The van der Waals surface area contributed by atoms with Crippen molar-refractivity contribution < 1.29 is 0 Å². The molecule has 0 saturated carbocycles. The Bertz CT molecular complexity index is 321. The van der Waals surface area contributed by atoms with E-state index in [4.69, 9.17) is 0 Å². The van der Waals surface area contributed by atoms with Crippen molar-refractivity contribution in [3.05, 3.63) is 0 Å². The topological polar surface area (TPSA) is 9.72 Å². The van der Waals surface area contributed by atoms with Gasteiger partial charge in [-0.05, 0) is 55.4 Å². The maximum absolute atomic E-state index is 2.74. The Balaban J connectivity index is 1.93. The molecule has 2 aliphatic heterocycles. The molecule has 2 rings (SSSR count). The molecule has 2 heterocycles. The van der Waals surface area contributed by atoms with Crippen molar-refractivity contribution >= 4 is 0 Å². The van der Waals surface area contributed by atoms with Gasteiger partial charge in [-0.1, -0.05) is 0 Å². The second kappa shape index (κ2) is 5.26. The van der Waals surface area contributed by atoms with Crippen LogP contribution in [0.1, 0.15) is 55.4 Å². The Hall–Kier alpha value is -0.120. The molecule has 118 valence electrons. The highest BCUT2D eigenvalue weighted by molar-refractivity contribution is 4.99. The average molecular weight is 281 g/mol. The highest BCUT2D eigenvalue weighted by atomic mass is 15.4. The van der Waals surface area contributed by atoms with Crippen LogP contribution >= 0.6 is 0 Å². The molecular formula is C17H35N3. The molecule has 3 heteroatoms. The van der Waals surface area contributed by atoms with Crippen LogP contribution in [0.4, 0.5) is 0 Å². The first kappa shape index (κ1) is 16.3. The summed E-state index contributed by atoms with van der Waals surface area (Å²) in [4.78, 5) is 8.03. The number of nitrogens with zero attached hydrogens (tertiary/aromatic N) is 3. The van der Waals surface area contributed by atoms with E-state index in [9.17, 15) is 0 Å². The second-order valence-electron chi connectivity index (χ2n) is 8.96. The van der Waals surface area contributed by atoms with Gasteiger partial charge in [0.1, 0.15) is 0 Å². The van der Waals surface area contributed by atoms with Crippen LogP contribution in [-0.2, 0) is 0 Å². The highest BCUT2D eigenvalue weighted by Gasteiger charge is 2.43. The molecular weight excluding hydrogens is 246 g/mol. The minimum Gasteiger partial charge on any atom is -0.295 e. The quantitative estimate of drug-likeness (QED) is 0.731. The van der Waals surface area contributed by atoms with E-state index in [1.54, 1.807) is 0 Å². The lowest BCUT2D eigenvalue weighted by molar-refractivity contribution is -0.0816. The summed E-state index contributed by atoms with van der Waals surface area (Å²) >= 11 is 0. The van der Waals surface area contributed by atoms with Crippen LogP contribution in [0.5, 0.6) is 0 Å². The van der Waals surface area contributed by atoms with Crippen LogP contribution in [0.25, 0.3) is 0 Å². The van der Waals surface area contributed by atoms with Gasteiger partial charge in [0.25, 0.3) is 0 Å². The van der Waals surface area contributed by atoms with E-state index in [2.05, 4.69) is 70.1 Å². The zero-order valence-electron chi connectivity index (χ0n) is 14.9. The molecule has 0 aromatic rings. The predicted octanol–water partition coefficient (Wildman–Crippen LogP) is 2.66. The number of hydrogen-bond donors (Lipinski definition) is 0. The zero-order valence-corrected chi connectivity index (χ0v) is 14.9. The van der Waals surface area contributed by atoms with Crippen molar-refractivity contribution in [2.45, 2.75) is 84.6 Å². The Morgan fingerprint density at radius 1 is 0.700 bits per heavy atom. The first-order chi connectivity index (χ1) is 9.00. The van der Waals surface area contributed by atoms with E-state index in [1.165, 1.54) is 26.2 Å². The summed E-state index contributed by atoms with van der Waals surface area (Å²) in [6.07, 6.45) is 0. The summed E-state index contributed by atoms with van der Waals surface area (Å²) in [5.41, 5.74) is 0.614. The molecule has 0 unspecified atom stereocenters. The number of piperazine rings is 1. The fraction of sp³-hybridized carbons (Fsp3) is 1.00. The van der Waals surface area contributed by atoms with Gasteiger partial charge in [-0.3, -0.25) is 14.7 Å². The molecule has 0 bridgehead atoms. The Morgan fingerprint density at radius 3 is 1.50 bits per heavy atom. The molecule has 2 atom stereocenters. The molecule has 0 aromatic carbocycles. The lowest BCUT2D eigenvalue weighted by atomic mass is 9.92. The fourth-order valence-corrected chi connectivity index (χ4v) is 4.22. The molecule has 2 saturated heterocycles. The largest absolute Gasteiger partial charge is 0.295 e. The van der Waals surface area contributed by atoms with E-state index in [-0.39, 0.29) is 5.54 Å². The van der Waals surface area contributed by atoms with Crippen molar-refractivity contribution in [2.24, 2.45) is 0 Å². The maximum Gasteiger partial charge on any atom is 0.0352 e. The van der Waals surface area contributed by atoms with Gasteiger partial charge in [0.2, 0.25) is 0 Å². The summed E-state index contributed by atoms with van der Waals surface area (Å²) in [5, 5.41) is 0. The van der Waals surface area contributed by atoms with Crippen LogP contribution in [0, 0.1) is 0 Å².